The van der Waals surface area contributed by atoms with Crippen molar-refractivity contribution >= 4 is 5.91 Å². The predicted octanol–water partition coefficient (Wildman–Crippen LogP) is 3.15. The second-order valence-corrected chi connectivity index (χ2v) is 6.71. The molecule has 0 unspecified atom stereocenters. The number of ether oxygens (including phenoxy) is 1. The minimum absolute atomic E-state index is 0.0397. The van der Waals surface area contributed by atoms with Crippen molar-refractivity contribution in [3.05, 3.63) is 65.7 Å². The normalized spacial score (nSPS) is 15.7. The van der Waals surface area contributed by atoms with Gasteiger partial charge in [0.05, 0.1) is 0 Å². The van der Waals surface area contributed by atoms with E-state index >= 15 is 0 Å². The first-order chi connectivity index (χ1) is 12.2. The maximum Gasteiger partial charge on any atom is 0.258 e. The number of amides is 1. The lowest BCUT2D eigenvalue weighted by Gasteiger charge is -2.32. The van der Waals surface area contributed by atoms with Crippen LogP contribution in [-0.4, -0.2) is 36.5 Å². The number of nitrogens with one attached hydrogen (secondary N) is 1. The largest absolute Gasteiger partial charge is 0.484 e. The van der Waals surface area contributed by atoms with Crippen LogP contribution in [0, 0.1) is 6.92 Å². The van der Waals surface area contributed by atoms with Crippen LogP contribution in [0.2, 0.25) is 0 Å². The van der Waals surface area contributed by atoms with E-state index in [1.807, 2.05) is 37.3 Å². The standard InChI is InChI=1S/C21H26N2O2/c1-17-7-9-20(10-8-17)25-16-21(24)22-19-11-13-23(14-12-19)15-18-5-3-2-4-6-18/h2-10,19H,11-16H2,1H3,(H,22,24). The van der Waals surface area contributed by atoms with Crippen LogP contribution in [0.1, 0.15) is 24.0 Å². The van der Waals surface area contributed by atoms with Gasteiger partial charge < -0.3 is 10.1 Å². The summed E-state index contributed by atoms with van der Waals surface area (Å²) in [5.41, 5.74) is 2.52. The molecule has 2 aromatic rings. The van der Waals surface area contributed by atoms with Gasteiger partial charge in [-0.15, -0.1) is 0 Å². The molecule has 0 aromatic heterocycles. The third kappa shape index (κ3) is 5.61. The fourth-order valence-electron chi connectivity index (χ4n) is 3.13. The van der Waals surface area contributed by atoms with Gasteiger partial charge in [-0.2, -0.15) is 0 Å². The zero-order valence-corrected chi connectivity index (χ0v) is 14.8. The molecule has 1 heterocycles. The van der Waals surface area contributed by atoms with Crippen molar-refractivity contribution in [1.82, 2.24) is 10.2 Å². The molecule has 4 heteroatoms. The predicted molar refractivity (Wildman–Crippen MR) is 99.6 cm³/mol. The first kappa shape index (κ1) is 17.5. The topological polar surface area (TPSA) is 41.6 Å². The van der Waals surface area contributed by atoms with Gasteiger partial charge in [0.25, 0.3) is 5.91 Å². The van der Waals surface area contributed by atoms with Crippen molar-refractivity contribution in [3.63, 3.8) is 0 Å². The third-order valence-electron chi connectivity index (χ3n) is 4.59. The van der Waals surface area contributed by atoms with E-state index < -0.39 is 0 Å². The van der Waals surface area contributed by atoms with Gasteiger partial charge in [-0.1, -0.05) is 48.0 Å². The Hall–Kier alpha value is -2.33. The van der Waals surface area contributed by atoms with Gasteiger partial charge in [0.1, 0.15) is 5.75 Å². The van der Waals surface area contributed by atoms with Gasteiger partial charge in [0, 0.05) is 25.7 Å². The molecule has 132 valence electrons. The number of piperidine rings is 1. The van der Waals surface area contributed by atoms with Gasteiger partial charge in [0.2, 0.25) is 0 Å². The molecule has 25 heavy (non-hydrogen) atoms. The van der Waals surface area contributed by atoms with Gasteiger partial charge in [-0.3, -0.25) is 9.69 Å². The number of hydrogen-bond donors (Lipinski definition) is 1. The van der Waals surface area contributed by atoms with Crippen LogP contribution in [0.5, 0.6) is 5.75 Å². The first-order valence-electron chi connectivity index (χ1n) is 8.94. The first-order valence-corrected chi connectivity index (χ1v) is 8.94. The summed E-state index contributed by atoms with van der Waals surface area (Å²) in [6.07, 6.45) is 1.98. The summed E-state index contributed by atoms with van der Waals surface area (Å²) >= 11 is 0. The van der Waals surface area contributed by atoms with Crippen molar-refractivity contribution < 1.29 is 9.53 Å². The SMILES string of the molecule is Cc1ccc(OCC(=O)NC2CCN(Cc3ccccc3)CC2)cc1. The molecule has 1 fully saturated rings. The molecule has 0 radical (unpaired) electrons. The maximum atomic E-state index is 12.1. The summed E-state index contributed by atoms with van der Waals surface area (Å²) in [6, 6.07) is 18.5. The molecule has 1 saturated heterocycles. The van der Waals surface area contributed by atoms with Crippen molar-refractivity contribution in [1.29, 1.82) is 0 Å². The number of carbonyl (C=O) groups excluding carboxylic acids is 1. The summed E-state index contributed by atoms with van der Waals surface area (Å²) in [7, 11) is 0. The highest BCUT2D eigenvalue weighted by Crippen LogP contribution is 2.14. The molecule has 1 N–H and O–H groups in total. The average Bonchev–Trinajstić information content (AvgIpc) is 2.64. The van der Waals surface area contributed by atoms with E-state index in [-0.39, 0.29) is 18.6 Å². The number of rotatable bonds is 6. The van der Waals surface area contributed by atoms with Crippen LogP contribution in [0.3, 0.4) is 0 Å². The number of likely N-dealkylation sites (tertiary alicyclic amines) is 1. The smallest absolute Gasteiger partial charge is 0.258 e. The third-order valence-corrected chi connectivity index (χ3v) is 4.59. The van der Waals surface area contributed by atoms with Gasteiger partial charge in [-0.05, 0) is 37.5 Å². The Morgan fingerprint density at radius 1 is 1.08 bits per heavy atom. The Morgan fingerprint density at radius 2 is 1.76 bits per heavy atom. The fourth-order valence-corrected chi connectivity index (χ4v) is 3.13. The summed E-state index contributed by atoms with van der Waals surface area (Å²) in [4.78, 5) is 14.5. The summed E-state index contributed by atoms with van der Waals surface area (Å²) in [6.45, 7) is 5.11. The average molecular weight is 338 g/mol. The molecular weight excluding hydrogens is 312 g/mol. The Labute approximate surface area is 149 Å². The highest BCUT2D eigenvalue weighted by molar-refractivity contribution is 5.77. The number of carbonyl (C=O) groups is 1. The quantitative estimate of drug-likeness (QED) is 0.880. The van der Waals surface area contributed by atoms with Gasteiger partial charge >= 0.3 is 0 Å². The Morgan fingerprint density at radius 3 is 2.44 bits per heavy atom. The summed E-state index contributed by atoms with van der Waals surface area (Å²) < 4.78 is 5.54. The van der Waals surface area contributed by atoms with Crippen molar-refractivity contribution in [3.8, 4) is 5.75 Å². The highest BCUT2D eigenvalue weighted by Gasteiger charge is 2.20. The van der Waals surface area contributed by atoms with E-state index in [1.54, 1.807) is 0 Å². The zero-order chi connectivity index (χ0) is 17.5. The molecule has 3 rings (SSSR count). The Bertz CT molecular complexity index is 662. The molecule has 0 bridgehead atoms. The summed E-state index contributed by atoms with van der Waals surface area (Å²) in [5, 5.41) is 3.09. The van der Waals surface area contributed by atoms with Crippen molar-refractivity contribution in [2.45, 2.75) is 32.4 Å². The summed E-state index contributed by atoms with van der Waals surface area (Å²) in [5.74, 6) is 0.695. The second kappa shape index (κ2) is 8.67. The lowest BCUT2D eigenvalue weighted by Crippen LogP contribution is -2.45. The van der Waals surface area contributed by atoms with Crippen LogP contribution in [0.25, 0.3) is 0 Å². The van der Waals surface area contributed by atoms with Crippen LogP contribution >= 0.6 is 0 Å². The number of nitrogens with zero attached hydrogens (tertiary/aromatic N) is 1. The van der Waals surface area contributed by atoms with E-state index in [9.17, 15) is 4.79 Å². The van der Waals surface area contributed by atoms with Crippen LogP contribution < -0.4 is 10.1 Å². The lowest BCUT2D eigenvalue weighted by atomic mass is 10.0. The molecule has 1 amide bonds. The Balaban J connectivity index is 1.36. The number of aryl methyl sites for hydroxylation is 1. The van der Waals surface area contributed by atoms with E-state index in [0.29, 0.717) is 0 Å². The molecule has 0 aliphatic carbocycles. The number of hydrogen-bond acceptors (Lipinski definition) is 3. The number of benzene rings is 2. The minimum atomic E-state index is -0.0397. The zero-order valence-electron chi connectivity index (χ0n) is 14.8. The monoisotopic (exact) mass is 338 g/mol. The molecular formula is C21H26N2O2. The molecule has 4 nitrogen and oxygen atoms in total. The molecule has 0 spiro atoms. The van der Waals surface area contributed by atoms with Gasteiger partial charge in [-0.25, -0.2) is 0 Å². The minimum Gasteiger partial charge on any atom is -0.484 e. The van der Waals surface area contributed by atoms with E-state index in [0.717, 1.165) is 38.2 Å². The van der Waals surface area contributed by atoms with Crippen molar-refractivity contribution in [2.24, 2.45) is 0 Å². The van der Waals surface area contributed by atoms with Crippen LogP contribution in [0.4, 0.5) is 0 Å². The van der Waals surface area contributed by atoms with E-state index in [1.165, 1.54) is 11.1 Å². The van der Waals surface area contributed by atoms with E-state index in [4.69, 9.17) is 4.74 Å². The molecule has 2 aromatic carbocycles. The molecule has 1 aliphatic heterocycles. The molecule has 0 saturated carbocycles. The molecule has 0 atom stereocenters. The highest BCUT2D eigenvalue weighted by atomic mass is 16.5. The van der Waals surface area contributed by atoms with Gasteiger partial charge in [0.15, 0.2) is 6.61 Å². The van der Waals surface area contributed by atoms with Crippen LogP contribution in [-0.2, 0) is 11.3 Å². The maximum absolute atomic E-state index is 12.1. The fraction of sp³-hybridized carbons (Fsp3) is 0.381. The Kier molecular flexibility index (Phi) is 6.07. The lowest BCUT2D eigenvalue weighted by molar-refractivity contribution is -0.124. The molecule has 1 aliphatic rings. The van der Waals surface area contributed by atoms with Crippen LogP contribution in [0.15, 0.2) is 54.6 Å². The second-order valence-electron chi connectivity index (χ2n) is 6.71. The van der Waals surface area contributed by atoms with Crippen molar-refractivity contribution in [2.75, 3.05) is 19.7 Å². The van der Waals surface area contributed by atoms with E-state index in [2.05, 4.69) is 34.5 Å².